The number of hydrogen-bond acceptors (Lipinski definition) is 7. The molecule has 2 aliphatic heterocycles. The second kappa shape index (κ2) is 7.58. The molecule has 2 amide bonds. The number of rotatable bonds is 4. The van der Waals surface area contributed by atoms with Gasteiger partial charge in [-0.15, -0.1) is 0 Å². The predicted molar refractivity (Wildman–Crippen MR) is 109 cm³/mol. The number of nitro benzene ring substituents is 1. The van der Waals surface area contributed by atoms with E-state index in [2.05, 4.69) is 20.6 Å². The topological polar surface area (TPSA) is 150 Å². The molecule has 0 spiro atoms. The maximum Gasteiger partial charge on any atom is 0.274 e. The number of aromatic amines is 1. The number of benzene rings is 1. The summed E-state index contributed by atoms with van der Waals surface area (Å²) < 4.78 is 0. The molecule has 3 heterocycles. The predicted octanol–water partition coefficient (Wildman–Crippen LogP) is 1.65. The van der Waals surface area contributed by atoms with Crippen molar-refractivity contribution in [3.63, 3.8) is 0 Å². The highest BCUT2D eigenvalue weighted by Gasteiger charge is 2.35. The third-order valence-corrected chi connectivity index (χ3v) is 5.33. The summed E-state index contributed by atoms with van der Waals surface area (Å²) in [6, 6.07) is 4.30. The SMILES string of the molecule is Cc1ccc(NC(=O)[C@H]2CC(=O)Nc3nc(N4CCCC4)[nH]c(=O)c32)cc1[N+](=O)[O-]. The van der Waals surface area contributed by atoms with E-state index in [9.17, 15) is 24.5 Å². The van der Waals surface area contributed by atoms with Gasteiger partial charge < -0.3 is 15.5 Å². The standard InChI is InChI=1S/C19H20N6O5/c1-10-4-5-11(8-13(10)25(29)30)20-17(27)12-9-14(26)21-16-15(12)18(28)23-19(22-16)24-6-2-3-7-24/h4-5,8,12H,2-3,6-7,9H2,1H3,(H,20,27)(H2,21,22,23,26,28)/t12-/m0/s1. The van der Waals surface area contributed by atoms with E-state index in [1.165, 1.54) is 18.2 Å². The number of carbonyl (C=O) groups is 2. The van der Waals surface area contributed by atoms with Crippen LogP contribution in [-0.4, -0.2) is 39.8 Å². The second-order valence-electron chi connectivity index (χ2n) is 7.40. The van der Waals surface area contributed by atoms with E-state index in [-0.39, 0.29) is 29.2 Å². The highest BCUT2D eigenvalue weighted by atomic mass is 16.6. The Hall–Kier alpha value is -3.76. The van der Waals surface area contributed by atoms with Gasteiger partial charge in [0.25, 0.3) is 11.2 Å². The van der Waals surface area contributed by atoms with Crippen LogP contribution in [0.2, 0.25) is 0 Å². The van der Waals surface area contributed by atoms with Crippen LogP contribution in [0.3, 0.4) is 0 Å². The molecule has 0 aliphatic carbocycles. The van der Waals surface area contributed by atoms with Crippen LogP contribution < -0.4 is 21.1 Å². The molecule has 30 heavy (non-hydrogen) atoms. The average Bonchev–Trinajstić information content (AvgIpc) is 3.23. The molecular formula is C19H20N6O5. The summed E-state index contributed by atoms with van der Waals surface area (Å²) in [4.78, 5) is 57.4. The van der Waals surface area contributed by atoms with E-state index >= 15 is 0 Å². The molecule has 0 radical (unpaired) electrons. The monoisotopic (exact) mass is 412 g/mol. The third-order valence-electron chi connectivity index (χ3n) is 5.33. The fourth-order valence-corrected chi connectivity index (χ4v) is 3.78. The Labute approximate surface area is 170 Å². The lowest BCUT2D eigenvalue weighted by atomic mass is 9.92. The van der Waals surface area contributed by atoms with Crippen molar-refractivity contribution in [2.75, 3.05) is 28.6 Å². The summed E-state index contributed by atoms with van der Waals surface area (Å²) in [5, 5.41) is 16.3. The highest BCUT2D eigenvalue weighted by molar-refractivity contribution is 6.04. The van der Waals surface area contributed by atoms with Gasteiger partial charge in [0.1, 0.15) is 5.82 Å². The smallest absolute Gasteiger partial charge is 0.274 e. The number of nitrogens with one attached hydrogen (secondary N) is 3. The van der Waals surface area contributed by atoms with Crippen LogP contribution in [0, 0.1) is 17.0 Å². The molecule has 1 saturated heterocycles. The number of carbonyl (C=O) groups excluding carboxylic acids is 2. The van der Waals surface area contributed by atoms with Crippen LogP contribution in [0.25, 0.3) is 0 Å². The number of hydrogen-bond donors (Lipinski definition) is 3. The van der Waals surface area contributed by atoms with Gasteiger partial charge in [-0.3, -0.25) is 29.5 Å². The minimum Gasteiger partial charge on any atom is -0.342 e. The van der Waals surface area contributed by atoms with E-state index in [0.29, 0.717) is 11.5 Å². The maximum atomic E-state index is 12.9. The summed E-state index contributed by atoms with van der Waals surface area (Å²) in [5.41, 5.74) is 0.122. The van der Waals surface area contributed by atoms with Gasteiger partial charge in [0, 0.05) is 36.8 Å². The summed E-state index contributed by atoms with van der Waals surface area (Å²) >= 11 is 0. The summed E-state index contributed by atoms with van der Waals surface area (Å²) in [5.74, 6) is -1.65. The Morgan fingerprint density at radius 2 is 2.03 bits per heavy atom. The van der Waals surface area contributed by atoms with Gasteiger partial charge in [-0.25, -0.2) is 0 Å². The molecule has 1 aromatic carbocycles. The number of H-pyrrole nitrogens is 1. The number of aryl methyl sites for hydroxylation is 1. The Kier molecular flexibility index (Phi) is 4.94. The summed E-state index contributed by atoms with van der Waals surface area (Å²) in [6.45, 7) is 3.10. The molecule has 0 saturated carbocycles. The van der Waals surface area contributed by atoms with Gasteiger partial charge in [0.05, 0.1) is 16.4 Å². The molecule has 1 aromatic heterocycles. The van der Waals surface area contributed by atoms with Crippen LogP contribution >= 0.6 is 0 Å². The van der Waals surface area contributed by atoms with E-state index < -0.39 is 28.2 Å². The lowest BCUT2D eigenvalue weighted by Gasteiger charge is -2.25. The molecule has 156 valence electrons. The number of fused-ring (bicyclic) bond motifs is 1. The minimum absolute atomic E-state index is 0.0759. The Bertz CT molecular complexity index is 1110. The van der Waals surface area contributed by atoms with Gasteiger partial charge in [-0.2, -0.15) is 4.98 Å². The quantitative estimate of drug-likeness (QED) is 0.510. The van der Waals surface area contributed by atoms with Crippen molar-refractivity contribution in [3.8, 4) is 0 Å². The molecule has 11 nitrogen and oxygen atoms in total. The largest absolute Gasteiger partial charge is 0.342 e. The van der Waals surface area contributed by atoms with Crippen LogP contribution in [0.5, 0.6) is 0 Å². The fourth-order valence-electron chi connectivity index (χ4n) is 3.78. The molecule has 1 fully saturated rings. The van der Waals surface area contributed by atoms with E-state index in [4.69, 9.17) is 0 Å². The Morgan fingerprint density at radius 1 is 1.30 bits per heavy atom. The Balaban J connectivity index is 1.65. The van der Waals surface area contributed by atoms with Crippen LogP contribution in [0.4, 0.5) is 23.1 Å². The van der Waals surface area contributed by atoms with Gasteiger partial charge in [0.2, 0.25) is 17.8 Å². The van der Waals surface area contributed by atoms with Gasteiger partial charge in [-0.05, 0) is 25.8 Å². The Morgan fingerprint density at radius 3 is 2.73 bits per heavy atom. The first-order valence-electron chi connectivity index (χ1n) is 9.58. The molecule has 4 rings (SSSR count). The first kappa shape index (κ1) is 19.6. The average molecular weight is 412 g/mol. The lowest BCUT2D eigenvalue weighted by molar-refractivity contribution is -0.385. The molecule has 2 aromatic rings. The number of amides is 2. The fraction of sp³-hybridized carbons (Fsp3) is 0.368. The van der Waals surface area contributed by atoms with E-state index in [0.717, 1.165) is 25.9 Å². The van der Waals surface area contributed by atoms with Crippen molar-refractivity contribution in [1.82, 2.24) is 9.97 Å². The molecule has 2 aliphatic rings. The van der Waals surface area contributed by atoms with E-state index in [1.807, 2.05) is 4.90 Å². The highest BCUT2D eigenvalue weighted by Crippen LogP contribution is 2.31. The minimum atomic E-state index is -1.06. The van der Waals surface area contributed by atoms with Crippen molar-refractivity contribution in [3.05, 3.63) is 49.8 Å². The van der Waals surface area contributed by atoms with Crippen LogP contribution in [0.15, 0.2) is 23.0 Å². The third kappa shape index (κ3) is 3.61. The van der Waals surface area contributed by atoms with Crippen molar-refractivity contribution in [2.24, 2.45) is 0 Å². The number of aromatic nitrogens is 2. The molecular weight excluding hydrogens is 392 g/mol. The van der Waals surface area contributed by atoms with Crippen molar-refractivity contribution < 1.29 is 14.5 Å². The van der Waals surface area contributed by atoms with Crippen molar-refractivity contribution >= 4 is 35.0 Å². The van der Waals surface area contributed by atoms with Crippen molar-refractivity contribution in [2.45, 2.75) is 32.1 Å². The van der Waals surface area contributed by atoms with Crippen LogP contribution in [0.1, 0.15) is 36.3 Å². The summed E-state index contributed by atoms with van der Waals surface area (Å²) in [6.07, 6.45) is 1.75. The first-order valence-corrected chi connectivity index (χ1v) is 9.58. The van der Waals surface area contributed by atoms with Crippen LogP contribution in [-0.2, 0) is 9.59 Å². The molecule has 11 heteroatoms. The number of nitro groups is 1. The van der Waals surface area contributed by atoms with E-state index in [1.54, 1.807) is 6.92 Å². The lowest BCUT2D eigenvalue weighted by Crippen LogP contribution is -2.37. The zero-order valence-electron chi connectivity index (χ0n) is 16.2. The van der Waals surface area contributed by atoms with Gasteiger partial charge in [-0.1, -0.05) is 6.07 Å². The second-order valence-corrected chi connectivity index (χ2v) is 7.40. The molecule has 3 N–H and O–H groups in total. The zero-order chi connectivity index (χ0) is 21.4. The number of nitrogens with zero attached hydrogens (tertiary/aromatic N) is 3. The van der Waals surface area contributed by atoms with Gasteiger partial charge >= 0.3 is 0 Å². The summed E-state index contributed by atoms with van der Waals surface area (Å²) in [7, 11) is 0. The molecule has 0 bridgehead atoms. The zero-order valence-corrected chi connectivity index (χ0v) is 16.2. The first-order chi connectivity index (χ1) is 14.3. The molecule has 0 unspecified atom stereocenters. The maximum absolute atomic E-state index is 12.9. The van der Waals surface area contributed by atoms with Crippen molar-refractivity contribution in [1.29, 1.82) is 0 Å². The molecule has 1 atom stereocenters. The number of anilines is 3. The van der Waals surface area contributed by atoms with Gasteiger partial charge in [0.15, 0.2) is 0 Å². The normalized spacial score (nSPS) is 18.0.